The monoisotopic (exact) mass is 201 g/mol. The normalized spacial score (nSPS) is 15.9. The van der Waals surface area contributed by atoms with Gasteiger partial charge in [0, 0.05) is 19.2 Å². The molecule has 1 N–H and O–H groups in total. The molecule has 0 amide bonds. The molecule has 14 heavy (non-hydrogen) atoms. The Kier molecular flexibility index (Phi) is 8.20. The van der Waals surface area contributed by atoms with E-state index >= 15 is 0 Å². The Hall–Kier alpha value is -0.0800. The van der Waals surface area contributed by atoms with Gasteiger partial charge in [-0.15, -0.1) is 0 Å². The Labute approximate surface area is 89.3 Å². The lowest BCUT2D eigenvalue weighted by atomic mass is 10.1. The summed E-state index contributed by atoms with van der Waals surface area (Å²) in [6, 6.07) is 0.649. The first-order valence-electron chi connectivity index (χ1n) is 6.00. The third-order valence-electron chi connectivity index (χ3n) is 2.87. The Morgan fingerprint density at radius 2 is 1.86 bits per heavy atom. The molecule has 0 saturated heterocycles. The lowest BCUT2D eigenvalue weighted by Gasteiger charge is -2.30. The fourth-order valence-corrected chi connectivity index (χ4v) is 1.57. The van der Waals surface area contributed by atoms with Crippen LogP contribution in [0.2, 0.25) is 0 Å². The molecular formula is C12H27NO. The van der Waals surface area contributed by atoms with Crippen molar-refractivity contribution in [1.82, 2.24) is 4.90 Å². The van der Waals surface area contributed by atoms with Gasteiger partial charge in [-0.05, 0) is 32.2 Å². The number of hydrogen-bond acceptors (Lipinski definition) is 2. The van der Waals surface area contributed by atoms with Crippen molar-refractivity contribution in [1.29, 1.82) is 0 Å². The van der Waals surface area contributed by atoms with Crippen molar-refractivity contribution < 1.29 is 5.11 Å². The minimum atomic E-state index is 0.305. The predicted octanol–water partition coefficient (Wildman–Crippen LogP) is 2.52. The van der Waals surface area contributed by atoms with Crippen molar-refractivity contribution in [2.75, 3.05) is 19.7 Å². The fourth-order valence-electron chi connectivity index (χ4n) is 1.57. The zero-order valence-electron chi connectivity index (χ0n) is 10.3. The fraction of sp³-hybridized carbons (Fsp3) is 1.00. The minimum absolute atomic E-state index is 0.305. The van der Waals surface area contributed by atoms with E-state index < -0.39 is 0 Å². The molecule has 2 unspecified atom stereocenters. The van der Waals surface area contributed by atoms with E-state index in [4.69, 9.17) is 5.11 Å². The largest absolute Gasteiger partial charge is 0.396 e. The second kappa shape index (κ2) is 8.25. The summed E-state index contributed by atoms with van der Waals surface area (Å²) in [6.07, 6.45) is 3.71. The van der Waals surface area contributed by atoms with Crippen molar-refractivity contribution in [2.24, 2.45) is 5.92 Å². The molecule has 0 bridgehead atoms. The van der Waals surface area contributed by atoms with Gasteiger partial charge >= 0.3 is 0 Å². The Balaban J connectivity index is 3.96. The molecule has 0 spiro atoms. The second-order valence-corrected chi connectivity index (χ2v) is 4.39. The summed E-state index contributed by atoms with van der Waals surface area (Å²) in [7, 11) is 0. The van der Waals surface area contributed by atoms with Gasteiger partial charge in [-0.2, -0.15) is 0 Å². The van der Waals surface area contributed by atoms with E-state index in [0.717, 1.165) is 6.54 Å². The highest BCUT2D eigenvalue weighted by Gasteiger charge is 2.13. The lowest BCUT2D eigenvalue weighted by Crippen LogP contribution is -2.37. The number of aliphatic hydroxyl groups excluding tert-OH is 1. The number of hydrogen-bond donors (Lipinski definition) is 1. The molecule has 0 aliphatic carbocycles. The molecule has 0 radical (unpaired) electrons. The first-order chi connectivity index (χ1) is 6.65. The molecule has 0 heterocycles. The average molecular weight is 201 g/mol. The van der Waals surface area contributed by atoms with E-state index in [9.17, 15) is 0 Å². The molecule has 0 aliphatic heterocycles. The second-order valence-electron chi connectivity index (χ2n) is 4.39. The summed E-state index contributed by atoms with van der Waals surface area (Å²) in [5, 5.41) is 9.04. The van der Waals surface area contributed by atoms with Crippen LogP contribution in [0, 0.1) is 5.92 Å². The van der Waals surface area contributed by atoms with Gasteiger partial charge in [-0.1, -0.05) is 27.2 Å². The van der Waals surface area contributed by atoms with E-state index in [-0.39, 0.29) is 0 Å². The number of rotatable bonds is 8. The van der Waals surface area contributed by atoms with Crippen LogP contribution < -0.4 is 0 Å². The third kappa shape index (κ3) is 5.61. The highest BCUT2D eigenvalue weighted by Crippen LogP contribution is 2.09. The summed E-state index contributed by atoms with van der Waals surface area (Å²) in [5.41, 5.74) is 0. The van der Waals surface area contributed by atoms with Crippen LogP contribution in [0.4, 0.5) is 0 Å². The van der Waals surface area contributed by atoms with Crippen LogP contribution in [-0.4, -0.2) is 35.7 Å². The van der Waals surface area contributed by atoms with Gasteiger partial charge in [-0.3, -0.25) is 0 Å². The lowest BCUT2D eigenvalue weighted by molar-refractivity contribution is 0.139. The van der Waals surface area contributed by atoms with Crippen LogP contribution >= 0.6 is 0 Å². The molecule has 0 aromatic carbocycles. The quantitative estimate of drug-likeness (QED) is 0.652. The summed E-state index contributed by atoms with van der Waals surface area (Å²) >= 11 is 0. The van der Waals surface area contributed by atoms with Crippen LogP contribution in [0.5, 0.6) is 0 Å². The van der Waals surface area contributed by atoms with Crippen molar-refractivity contribution in [3.05, 3.63) is 0 Å². The number of nitrogens with zero attached hydrogens (tertiary/aromatic N) is 1. The Morgan fingerprint density at radius 3 is 2.29 bits per heavy atom. The highest BCUT2D eigenvalue weighted by molar-refractivity contribution is 4.68. The van der Waals surface area contributed by atoms with Gasteiger partial charge in [0.15, 0.2) is 0 Å². The first-order valence-corrected chi connectivity index (χ1v) is 6.00. The molecular weight excluding hydrogens is 174 g/mol. The molecule has 0 aliphatic rings. The van der Waals surface area contributed by atoms with E-state index in [1.165, 1.54) is 25.8 Å². The van der Waals surface area contributed by atoms with Gasteiger partial charge in [0.1, 0.15) is 0 Å². The van der Waals surface area contributed by atoms with Crippen LogP contribution in [0.3, 0.4) is 0 Å². The molecule has 2 heteroatoms. The minimum Gasteiger partial charge on any atom is -0.396 e. The molecule has 0 fully saturated rings. The molecule has 86 valence electrons. The van der Waals surface area contributed by atoms with E-state index in [1.807, 2.05) is 0 Å². The van der Waals surface area contributed by atoms with Crippen molar-refractivity contribution in [2.45, 2.75) is 53.0 Å². The average Bonchev–Trinajstić information content (AvgIpc) is 2.22. The van der Waals surface area contributed by atoms with Crippen LogP contribution in [0.1, 0.15) is 47.0 Å². The van der Waals surface area contributed by atoms with Gasteiger partial charge in [-0.25, -0.2) is 0 Å². The smallest absolute Gasteiger partial charge is 0.0468 e. The molecule has 0 rings (SSSR count). The van der Waals surface area contributed by atoms with Crippen LogP contribution in [0.15, 0.2) is 0 Å². The maximum atomic E-state index is 9.04. The zero-order chi connectivity index (χ0) is 11.0. The highest BCUT2D eigenvalue weighted by atomic mass is 16.3. The van der Waals surface area contributed by atoms with Crippen molar-refractivity contribution in [3.8, 4) is 0 Å². The Morgan fingerprint density at radius 1 is 1.21 bits per heavy atom. The number of unbranched alkanes of at least 4 members (excludes halogenated alkanes) is 1. The van der Waals surface area contributed by atoms with E-state index in [1.54, 1.807) is 0 Å². The molecule has 0 saturated carbocycles. The first kappa shape index (κ1) is 13.9. The molecule has 0 aromatic heterocycles. The van der Waals surface area contributed by atoms with Crippen molar-refractivity contribution >= 4 is 0 Å². The predicted molar refractivity (Wildman–Crippen MR) is 62.5 cm³/mol. The number of aliphatic hydroxyl groups is 1. The standard InChI is InChI=1S/C12H27NO/c1-5-7-8-13(12(4)6-2)9-11(3)10-14/h11-12,14H,5-10H2,1-4H3. The Bertz CT molecular complexity index is 127. The third-order valence-corrected chi connectivity index (χ3v) is 2.87. The van der Waals surface area contributed by atoms with E-state index in [2.05, 4.69) is 32.6 Å². The SMILES string of the molecule is CCCCN(CC(C)CO)C(C)CC. The van der Waals surface area contributed by atoms with Gasteiger partial charge < -0.3 is 10.0 Å². The van der Waals surface area contributed by atoms with Crippen LogP contribution in [-0.2, 0) is 0 Å². The van der Waals surface area contributed by atoms with Gasteiger partial charge in [0.25, 0.3) is 0 Å². The van der Waals surface area contributed by atoms with Crippen molar-refractivity contribution in [3.63, 3.8) is 0 Å². The molecule has 2 nitrogen and oxygen atoms in total. The van der Waals surface area contributed by atoms with Gasteiger partial charge in [0.05, 0.1) is 0 Å². The zero-order valence-corrected chi connectivity index (χ0v) is 10.3. The maximum absolute atomic E-state index is 9.04. The molecule has 0 aromatic rings. The summed E-state index contributed by atoms with van der Waals surface area (Å²) < 4.78 is 0. The summed E-state index contributed by atoms with van der Waals surface area (Å²) in [6.45, 7) is 11.4. The topological polar surface area (TPSA) is 23.5 Å². The van der Waals surface area contributed by atoms with E-state index in [0.29, 0.717) is 18.6 Å². The molecule has 2 atom stereocenters. The maximum Gasteiger partial charge on any atom is 0.0468 e. The summed E-state index contributed by atoms with van der Waals surface area (Å²) in [4.78, 5) is 2.50. The van der Waals surface area contributed by atoms with Gasteiger partial charge in [0.2, 0.25) is 0 Å². The summed E-state index contributed by atoms with van der Waals surface area (Å²) in [5.74, 6) is 0.404. The van der Waals surface area contributed by atoms with Crippen LogP contribution in [0.25, 0.3) is 0 Å².